The van der Waals surface area contributed by atoms with Crippen molar-refractivity contribution in [3.8, 4) is 0 Å². The van der Waals surface area contributed by atoms with Crippen LogP contribution >= 0.6 is 0 Å². The Kier molecular flexibility index (Phi) is 26.9. The maximum absolute atomic E-state index is 11.6. The lowest BCUT2D eigenvalue weighted by atomic mass is 10.1. The first kappa shape index (κ1) is 32.7. The van der Waals surface area contributed by atoms with E-state index in [1.807, 2.05) is 0 Å². The van der Waals surface area contributed by atoms with Gasteiger partial charge in [-0.2, -0.15) is 0 Å². The molecule has 0 amide bonds. The maximum atomic E-state index is 11.6. The van der Waals surface area contributed by atoms with Gasteiger partial charge in [-0.25, -0.2) is 4.79 Å². The van der Waals surface area contributed by atoms with Crippen molar-refractivity contribution >= 4 is 11.9 Å². The lowest BCUT2D eigenvalue weighted by molar-refractivity contribution is -0.146. The average molecular weight is 495 g/mol. The molecule has 0 spiro atoms. The second-order valence-corrected chi connectivity index (χ2v) is 7.43. The fourth-order valence-corrected chi connectivity index (χ4v) is 2.65. The molecule has 10 heteroatoms. The molecule has 0 radical (unpaired) electrons. The quantitative estimate of drug-likeness (QED) is 0.125. The fraction of sp³-hybridized carbons (Fsp3) is 0.917. The van der Waals surface area contributed by atoms with Crippen LogP contribution in [0.25, 0.3) is 0 Å². The molecule has 0 fully saturated rings. The third-order valence-electron chi connectivity index (χ3n) is 4.53. The molecule has 0 aromatic heterocycles. The molecule has 0 aromatic carbocycles. The van der Waals surface area contributed by atoms with Crippen molar-refractivity contribution in [2.75, 3.05) is 93.0 Å². The van der Waals surface area contributed by atoms with E-state index in [4.69, 9.17) is 33.2 Å². The lowest BCUT2D eigenvalue weighted by Crippen LogP contribution is -2.16. The van der Waals surface area contributed by atoms with Crippen molar-refractivity contribution in [3.63, 3.8) is 0 Å². The van der Waals surface area contributed by atoms with Crippen molar-refractivity contribution in [1.82, 2.24) is 0 Å². The summed E-state index contributed by atoms with van der Waals surface area (Å²) in [6, 6.07) is 0. The molecule has 0 aliphatic heterocycles. The van der Waals surface area contributed by atoms with E-state index in [2.05, 4.69) is 11.7 Å². The highest BCUT2D eigenvalue weighted by atomic mass is 16.6. The van der Waals surface area contributed by atoms with Gasteiger partial charge in [-0.3, -0.25) is 4.79 Å². The van der Waals surface area contributed by atoms with Crippen LogP contribution in [0.5, 0.6) is 0 Å². The van der Waals surface area contributed by atoms with E-state index in [-0.39, 0.29) is 19.2 Å². The van der Waals surface area contributed by atoms with E-state index >= 15 is 0 Å². The summed E-state index contributed by atoms with van der Waals surface area (Å²) in [4.78, 5) is 22.4. The van der Waals surface area contributed by atoms with E-state index in [0.29, 0.717) is 79.1 Å². The number of carbonyl (C=O) groups excluding carboxylic acids is 2. The summed E-state index contributed by atoms with van der Waals surface area (Å²) >= 11 is 0. The molecule has 0 heterocycles. The Morgan fingerprint density at radius 1 is 0.500 bits per heavy atom. The highest BCUT2D eigenvalue weighted by molar-refractivity contribution is 5.70. The first-order valence-electron chi connectivity index (χ1n) is 12.4. The number of hydrogen-bond acceptors (Lipinski definition) is 10. The summed E-state index contributed by atoms with van der Waals surface area (Å²) in [5, 5.41) is 0. The predicted molar refractivity (Wildman–Crippen MR) is 126 cm³/mol. The van der Waals surface area contributed by atoms with Gasteiger partial charge in [-0.1, -0.05) is 39.0 Å². The van der Waals surface area contributed by atoms with E-state index in [0.717, 1.165) is 12.8 Å². The lowest BCUT2D eigenvalue weighted by Gasteiger charge is -2.08. The van der Waals surface area contributed by atoms with Crippen LogP contribution in [0.3, 0.4) is 0 Å². The molecule has 0 rings (SSSR count). The van der Waals surface area contributed by atoms with Gasteiger partial charge in [0.25, 0.3) is 0 Å². The number of ether oxygens (including phenoxy) is 8. The molecule has 0 aliphatic carbocycles. The van der Waals surface area contributed by atoms with Crippen LogP contribution in [-0.4, -0.2) is 105 Å². The molecular formula is C24H46O10. The number of esters is 2. The molecule has 0 aliphatic rings. The molecule has 10 nitrogen and oxygen atoms in total. The topological polar surface area (TPSA) is 108 Å². The van der Waals surface area contributed by atoms with Crippen LogP contribution in [-0.2, 0) is 47.5 Å². The van der Waals surface area contributed by atoms with Crippen LogP contribution in [0.2, 0.25) is 0 Å². The zero-order valence-electron chi connectivity index (χ0n) is 21.2. The highest BCUT2D eigenvalue weighted by Gasteiger charge is 2.02. The molecule has 0 saturated carbocycles. The highest BCUT2D eigenvalue weighted by Crippen LogP contribution is 2.07. The van der Waals surface area contributed by atoms with Gasteiger partial charge in [0.1, 0.15) is 13.2 Å². The van der Waals surface area contributed by atoms with Gasteiger partial charge >= 0.3 is 11.9 Å². The molecule has 0 unspecified atom stereocenters. The first-order chi connectivity index (χ1) is 16.7. The Labute approximate surface area is 204 Å². The van der Waals surface area contributed by atoms with Gasteiger partial charge in [0.05, 0.1) is 79.8 Å². The van der Waals surface area contributed by atoms with Gasteiger partial charge in [0, 0.05) is 6.42 Å². The molecule has 0 saturated heterocycles. The SMILES string of the molecule is CCCCCCCCC(=O)OCCOCCOCCOCCOCCOCCOCC(=O)OC. The van der Waals surface area contributed by atoms with Crippen molar-refractivity contribution in [1.29, 1.82) is 0 Å². The second kappa shape index (κ2) is 27.9. The minimum absolute atomic E-state index is 0.0685. The van der Waals surface area contributed by atoms with Crippen molar-refractivity contribution < 1.29 is 47.5 Å². The van der Waals surface area contributed by atoms with E-state index in [9.17, 15) is 9.59 Å². The smallest absolute Gasteiger partial charge is 0.331 e. The summed E-state index contributed by atoms with van der Waals surface area (Å²) in [6.45, 7) is 7.24. The molecule has 202 valence electrons. The monoisotopic (exact) mass is 494 g/mol. The summed E-state index contributed by atoms with van der Waals surface area (Å²) in [5.74, 6) is -0.554. The Balaban J connectivity index is 3.12. The van der Waals surface area contributed by atoms with Gasteiger partial charge in [-0.05, 0) is 6.42 Å². The molecule has 0 bridgehead atoms. The van der Waals surface area contributed by atoms with Crippen LogP contribution < -0.4 is 0 Å². The third-order valence-corrected chi connectivity index (χ3v) is 4.53. The summed E-state index contributed by atoms with van der Waals surface area (Å²) in [7, 11) is 1.31. The zero-order valence-corrected chi connectivity index (χ0v) is 21.2. The second-order valence-electron chi connectivity index (χ2n) is 7.43. The average Bonchev–Trinajstić information content (AvgIpc) is 2.84. The standard InChI is InChI=1S/C24H46O10/c1-3-4-5-6-7-8-9-23(25)34-21-20-32-17-16-30-13-12-28-10-11-29-14-15-31-18-19-33-22-24(26)27-2/h3-22H2,1-2H3. The predicted octanol–water partition coefficient (Wildman–Crippen LogP) is 2.55. The fourth-order valence-electron chi connectivity index (χ4n) is 2.65. The Morgan fingerprint density at radius 3 is 1.38 bits per heavy atom. The zero-order chi connectivity index (χ0) is 25.0. The number of carbonyl (C=O) groups is 2. The first-order valence-corrected chi connectivity index (χ1v) is 12.4. The number of methoxy groups -OCH3 is 1. The van der Waals surface area contributed by atoms with Crippen molar-refractivity contribution in [2.24, 2.45) is 0 Å². The van der Waals surface area contributed by atoms with Crippen LogP contribution in [0.4, 0.5) is 0 Å². The third kappa shape index (κ3) is 26.9. The summed E-state index contributed by atoms with van der Waals surface area (Å²) < 4.78 is 41.5. The van der Waals surface area contributed by atoms with Gasteiger partial charge in [0.15, 0.2) is 0 Å². The number of rotatable bonds is 27. The van der Waals surface area contributed by atoms with Crippen molar-refractivity contribution in [2.45, 2.75) is 51.9 Å². The van der Waals surface area contributed by atoms with Gasteiger partial charge < -0.3 is 37.9 Å². The van der Waals surface area contributed by atoms with Crippen molar-refractivity contribution in [3.05, 3.63) is 0 Å². The number of hydrogen-bond donors (Lipinski definition) is 0. The van der Waals surface area contributed by atoms with Gasteiger partial charge in [0.2, 0.25) is 0 Å². The minimum Gasteiger partial charge on any atom is -0.467 e. The molecule has 0 atom stereocenters. The minimum atomic E-state index is -0.407. The van der Waals surface area contributed by atoms with E-state index in [1.165, 1.54) is 32.8 Å². The Hall–Kier alpha value is -1.30. The summed E-state index contributed by atoms with van der Waals surface area (Å²) in [6.07, 6.45) is 7.42. The normalized spacial score (nSPS) is 11.0. The van der Waals surface area contributed by atoms with E-state index < -0.39 is 5.97 Å². The van der Waals surface area contributed by atoms with Crippen LogP contribution in [0.1, 0.15) is 51.9 Å². The van der Waals surface area contributed by atoms with Gasteiger partial charge in [-0.15, -0.1) is 0 Å². The molecule has 34 heavy (non-hydrogen) atoms. The van der Waals surface area contributed by atoms with E-state index in [1.54, 1.807) is 0 Å². The Bertz CT molecular complexity index is 447. The molecule has 0 N–H and O–H groups in total. The maximum Gasteiger partial charge on any atom is 0.331 e. The molecule has 0 aromatic rings. The van der Waals surface area contributed by atoms with Crippen LogP contribution in [0, 0.1) is 0 Å². The van der Waals surface area contributed by atoms with Crippen LogP contribution in [0.15, 0.2) is 0 Å². The Morgan fingerprint density at radius 2 is 0.912 bits per heavy atom. The number of unbranched alkanes of at least 4 members (excludes halogenated alkanes) is 5. The molecular weight excluding hydrogens is 448 g/mol. The largest absolute Gasteiger partial charge is 0.467 e. The summed E-state index contributed by atoms with van der Waals surface area (Å²) in [5.41, 5.74) is 0.